The van der Waals surface area contributed by atoms with Crippen molar-refractivity contribution < 1.29 is 9.53 Å². The zero-order chi connectivity index (χ0) is 15.9. The molecule has 0 fully saturated rings. The van der Waals surface area contributed by atoms with Gasteiger partial charge in [0.05, 0.1) is 5.56 Å². The van der Waals surface area contributed by atoms with Crippen LogP contribution in [0.4, 0.5) is 0 Å². The first kappa shape index (κ1) is 16.2. The number of rotatable bonds is 5. The van der Waals surface area contributed by atoms with Crippen molar-refractivity contribution in [2.75, 3.05) is 6.61 Å². The lowest BCUT2D eigenvalue weighted by Gasteiger charge is -2.09. The average Bonchev–Trinajstić information content (AvgIpc) is 2.52. The first-order chi connectivity index (χ1) is 10.6. The molecular formula is C16H12Cl2N2O2. The van der Waals surface area contributed by atoms with Crippen LogP contribution in [-0.2, 0) is 11.3 Å². The standard InChI is InChI=1S/C16H12Cl2N2O2/c17-13-6-5-12(14(18)7-13)9-20-16(21)10-22-15-4-2-1-3-11(15)8-19/h1-7H,9-10H2,(H,20,21). The van der Waals surface area contributed by atoms with Gasteiger partial charge in [0.25, 0.3) is 5.91 Å². The number of carbonyl (C=O) groups is 1. The van der Waals surface area contributed by atoms with E-state index in [9.17, 15) is 4.79 Å². The molecule has 0 heterocycles. The highest BCUT2D eigenvalue weighted by Gasteiger charge is 2.07. The van der Waals surface area contributed by atoms with Crippen molar-refractivity contribution >= 4 is 29.1 Å². The van der Waals surface area contributed by atoms with Gasteiger partial charge in [-0.1, -0.05) is 41.4 Å². The Morgan fingerprint density at radius 3 is 2.73 bits per heavy atom. The average molecular weight is 335 g/mol. The Morgan fingerprint density at radius 2 is 2.00 bits per heavy atom. The first-order valence-electron chi connectivity index (χ1n) is 6.42. The van der Waals surface area contributed by atoms with Gasteiger partial charge in [-0.2, -0.15) is 5.26 Å². The minimum absolute atomic E-state index is 0.177. The lowest BCUT2D eigenvalue weighted by atomic mass is 10.2. The number of benzene rings is 2. The topological polar surface area (TPSA) is 62.1 Å². The maximum absolute atomic E-state index is 11.8. The van der Waals surface area contributed by atoms with E-state index in [4.69, 9.17) is 33.2 Å². The lowest BCUT2D eigenvalue weighted by molar-refractivity contribution is -0.123. The summed E-state index contributed by atoms with van der Waals surface area (Å²) in [5.74, 6) is 0.0726. The number of halogens is 2. The largest absolute Gasteiger partial charge is 0.482 e. The molecule has 0 saturated carbocycles. The van der Waals surface area contributed by atoms with Gasteiger partial charge in [-0.3, -0.25) is 4.79 Å². The van der Waals surface area contributed by atoms with Crippen LogP contribution in [0.3, 0.4) is 0 Å². The summed E-state index contributed by atoms with van der Waals surface area (Å²) < 4.78 is 5.34. The molecule has 22 heavy (non-hydrogen) atoms. The van der Waals surface area contributed by atoms with E-state index >= 15 is 0 Å². The van der Waals surface area contributed by atoms with Gasteiger partial charge in [-0.15, -0.1) is 0 Å². The van der Waals surface area contributed by atoms with E-state index in [1.54, 1.807) is 42.5 Å². The van der Waals surface area contributed by atoms with Crippen molar-refractivity contribution in [2.45, 2.75) is 6.54 Å². The van der Waals surface area contributed by atoms with Gasteiger partial charge in [0.15, 0.2) is 6.61 Å². The van der Waals surface area contributed by atoms with Gasteiger partial charge >= 0.3 is 0 Å². The van der Waals surface area contributed by atoms with Gasteiger partial charge in [0, 0.05) is 16.6 Å². The summed E-state index contributed by atoms with van der Waals surface area (Å²) in [5.41, 5.74) is 1.15. The molecule has 0 atom stereocenters. The van der Waals surface area contributed by atoms with Crippen molar-refractivity contribution in [3.8, 4) is 11.8 Å². The van der Waals surface area contributed by atoms with E-state index in [0.29, 0.717) is 21.4 Å². The van der Waals surface area contributed by atoms with E-state index in [1.807, 2.05) is 6.07 Å². The normalized spacial score (nSPS) is 9.86. The summed E-state index contributed by atoms with van der Waals surface area (Å²) in [7, 11) is 0. The third-order valence-corrected chi connectivity index (χ3v) is 3.44. The third kappa shape index (κ3) is 4.39. The molecule has 0 aliphatic rings. The summed E-state index contributed by atoms with van der Waals surface area (Å²) in [5, 5.41) is 12.7. The van der Waals surface area contributed by atoms with E-state index in [2.05, 4.69) is 5.32 Å². The molecule has 2 rings (SSSR count). The van der Waals surface area contributed by atoms with Crippen LogP contribution in [0.5, 0.6) is 5.75 Å². The smallest absolute Gasteiger partial charge is 0.258 e. The molecule has 4 nitrogen and oxygen atoms in total. The summed E-state index contributed by atoms with van der Waals surface area (Å²) >= 11 is 11.8. The van der Waals surface area contributed by atoms with Crippen LogP contribution in [0.2, 0.25) is 10.0 Å². The quantitative estimate of drug-likeness (QED) is 0.909. The van der Waals surface area contributed by atoms with Crippen molar-refractivity contribution in [1.29, 1.82) is 5.26 Å². The number of carbonyl (C=O) groups excluding carboxylic acids is 1. The molecule has 0 bridgehead atoms. The summed E-state index contributed by atoms with van der Waals surface area (Å²) in [6, 6.07) is 13.8. The van der Waals surface area contributed by atoms with Crippen LogP contribution in [0.1, 0.15) is 11.1 Å². The first-order valence-corrected chi connectivity index (χ1v) is 7.18. The van der Waals surface area contributed by atoms with Crippen LogP contribution in [0.25, 0.3) is 0 Å². The minimum Gasteiger partial charge on any atom is -0.482 e. The van der Waals surface area contributed by atoms with E-state index < -0.39 is 0 Å². The maximum Gasteiger partial charge on any atom is 0.258 e. The molecule has 2 aromatic carbocycles. The maximum atomic E-state index is 11.8. The summed E-state index contributed by atoms with van der Waals surface area (Å²) in [6.07, 6.45) is 0. The highest BCUT2D eigenvalue weighted by Crippen LogP contribution is 2.20. The highest BCUT2D eigenvalue weighted by molar-refractivity contribution is 6.35. The molecule has 2 aromatic rings. The molecule has 0 saturated heterocycles. The molecule has 0 aliphatic heterocycles. The fourth-order valence-electron chi connectivity index (χ4n) is 1.74. The zero-order valence-electron chi connectivity index (χ0n) is 11.5. The predicted octanol–water partition coefficient (Wildman–Crippen LogP) is 3.56. The highest BCUT2D eigenvalue weighted by atomic mass is 35.5. The monoisotopic (exact) mass is 334 g/mol. The molecule has 0 aromatic heterocycles. The van der Waals surface area contributed by atoms with Gasteiger partial charge in [0.2, 0.25) is 0 Å². The van der Waals surface area contributed by atoms with Crippen molar-refractivity contribution in [2.24, 2.45) is 0 Å². The Bertz CT molecular complexity index is 726. The molecule has 1 amide bonds. The van der Waals surface area contributed by atoms with Gasteiger partial charge in [-0.25, -0.2) is 0 Å². The Morgan fingerprint density at radius 1 is 1.23 bits per heavy atom. The molecule has 6 heteroatoms. The number of hydrogen-bond donors (Lipinski definition) is 1. The number of ether oxygens (including phenoxy) is 1. The van der Waals surface area contributed by atoms with Gasteiger partial charge in [-0.05, 0) is 29.8 Å². The number of para-hydroxylation sites is 1. The Balaban J connectivity index is 1.87. The number of hydrogen-bond acceptors (Lipinski definition) is 3. The number of nitrogens with one attached hydrogen (secondary N) is 1. The fraction of sp³-hybridized carbons (Fsp3) is 0.125. The predicted molar refractivity (Wildman–Crippen MR) is 85.0 cm³/mol. The number of nitrogens with zero attached hydrogens (tertiary/aromatic N) is 1. The van der Waals surface area contributed by atoms with Crippen LogP contribution in [0.15, 0.2) is 42.5 Å². The van der Waals surface area contributed by atoms with Crippen molar-refractivity contribution in [3.05, 3.63) is 63.6 Å². The van der Waals surface area contributed by atoms with Crippen molar-refractivity contribution in [1.82, 2.24) is 5.32 Å². The molecule has 0 radical (unpaired) electrons. The molecule has 0 aliphatic carbocycles. The van der Waals surface area contributed by atoms with E-state index in [0.717, 1.165) is 5.56 Å². The Labute approximate surface area is 138 Å². The molecule has 0 unspecified atom stereocenters. The second kappa shape index (κ2) is 7.69. The lowest BCUT2D eigenvalue weighted by Crippen LogP contribution is -2.28. The zero-order valence-corrected chi connectivity index (χ0v) is 13.0. The second-order valence-corrected chi connectivity index (χ2v) is 5.25. The van der Waals surface area contributed by atoms with Crippen molar-refractivity contribution in [3.63, 3.8) is 0 Å². The number of amides is 1. The fourth-order valence-corrected chi connectivity index (χ4v) is 2.21. The van der Waals surface area contributed by atoms with Crippen LogP contribution >= 0.6 is 23.2 Å². The summed E-state index contributed by atoms with van der Waals surface area (Å²) in [6.45, 7) is 0.0992. The van der Waals surface area contributed by atoms with Crippen LogP contribution in [-0.4, -0.2) is 12.5 Å². The Hall–Kier alpha value is -2.22. The molecule has 0 spiro atoms. The second-order valence-electron chi connectivity index (χ2n) is 4.41. The van der Waals surface area contributed by atoms with Gasteiger partial charge < -0.3 is 10.1 Å². The summed E-state index contributed by atoms with van der Waals surface area (Å²) in [4.78, 5) is 11.8. The van der Waals surface area contributed by atoms with Gasteiger partial charge in [0.1, 0.15) is 11.8 Å². The molecule has 1 N–H and O–H groups in total. The van der Waals surface area contributed by atoms with E-state index in [-0.39, 0.29) is 19.1 Å². The molecule has 112 valence electrons. The van der Waals surface area contributed by atoms with E-state index in [1.165, 1.54) is 0 Å². The SMILES string of the molecule is N#Cc1ccccc1OCC(=O)NCc1ccc(Cl)cc1Cl. The number of nitriles is 1. The third-order valence-electron chi connectivity index (χ3n) is 2.86. The van der Waals surface area contributed by atoms with Crippen LogP contribution in [0, 0.1) is 11.3 Å². The molecular weight excluding hydrogens is 323 g/mol. The minimum atomic E-state index is -0.307. The van der Waals surface area contributed by atoms with Crippen LogP contribution < -0.4 is 10.1 Å². The Kier molecular flexibility index (Phi) is 5.65.